The van der Waals surface area contributed by atoms with Gasteiger partial charge in [0.1, 0.15) is 0 Å². The summed E-state index contributed by atoms with van der Waals surface area (Å²) in [5, 5.41) is 0. The highest BCUT2D eigenvalue weighted by Crippen LogP contribution is 2.32. The van der Waals surface area contributed by atoms with Crippen LogP contribution in [0.25, 0.3) is 0 Å². The van der Waals surface area contributed by atoms with E-state index in [4.69, 9.17) is 5.73 Å². The Morgan fingerprint density at radius 3 is 2.67 bits per heavy atom. The lowest BCUT2D eigenvalue weighted by molar-refractivity contribution is 0.378. The van der Waals surface area contributed by atoms with Crippen molar-refractivity contribution < 1.29 is 0 Å². The summed E-state index contributed by atoms with van der Waals surface area (Å²) in [6.07, 6.45) is 2.57. The van der Waals surface area contributed by atoms with Gasteiger partial charge in [-0.1, -0.05) is 28.9 Å². The predicted molar refractivity (Wildman–Crippen MR) is 82.0 cm³/mol. The third kappa shape index (κ3) is 2.89. The van der Waals surface area contributed by atoms with Crippen LogP contribution in [0.5, 0.6) is 0 Å². The number of anilines is 1. The molecule has 1 aromatic rings. The lowest BCUT2D eigenvalue weighted by Crippen LogP contribution is -2.40. The highest BCUT2D eigenvalue weighted by atomic mass is 79.9. The van der Waals surface area contributed by atoms with E-state index in [1.54, 1.807) is 0 Å². The monoisotopic (exact) mass is 310 g/mol. The predicted octanol–water partition coefficient (Wildman–Crippen LogP) is 4.09. The molecular weight excluding hydrogens is 288 g/mol. The second kappa shape index (κ2) is 5.62. The van der Waals surface area contributed by atoms with Crippen LogP contribution < -0.4 is 10.6 Å². The molecule has 1 saturated heterocycles. The van der Waals surface area contributed by atoms with Gasteiger partial charge < -0.3 is 10.6 Å². The maximum absolute atomic E-state index is 5.94. The Morgan fingerprint density at radius 1 is 1.39 bits per heavy atom. The van der Waals surface area contributed by atoms with Gasteiger partial charge in [0.05, 0.1) is 0 Å². The van der Waals surface area contributed by atoms with Gasteiger partial charge in [0.2, 0.25) is 0 Å². The summed E-state index contributed by atoms with van der Waals surface area (Å²) in [5.74, 6) is 0.850. The Balaban J connectivity index is 2.21. The average Bonchev–Trinajstić information content (AvgIpc) is 2.28. The third-order valence-corrected chi connectivity index (χ3v) is 4.63. The molecule has 2 rings (SSSR count). The van der Waals surface area contributed by atoms with Crippen LogP contribution in [0.2, 0.25) is 0 Å². The first-order chi connectivity index (χ1) is 8.49. The number of rotatable bonds is 2. The van der Waals surface area contributed by atoms with Gasteiger partial charge in [0.25, 0.3) is 0 Å². The molecule has 1 heterocycles. The van der Waals surface area contributed by atoms with Crippen molar-refractivity contribution in [2.24, 2.45) is 11.7 Å². The summed E-state index contributed by atoms with van der Waals surface area (Å²) in [6.45, 7) is 7.85. The zero-order valence-corrected chi connectivity index (χ0v) is 13.1. The Bertz CT molecular complexity index is 417. The maximum atomic E-state index is 5.94. The van der Waals surface area contributed by atoms with Crippen molar-refractivity contribution in [3.05, 3.63) is 28.2 Å². The second-order valence-corrected chi connectivity index (χ2v) is 6.52. The molecule has 3 unspecified atom stereocenters. The van der Waals surface area contributed by atoms with E-state index in [0.29, 0.717) is 6.04 Å². The quantitative estimate of drug-likeness (QED) is 0.891. The van der Waals surface area contributed by atoms with E-state index in [1.165, 1.54) is 24.1 Å². The molecule has 0 spiro atoms. The lowest BCUT2D eigenvalue weighted by atomic mass is 9.93. The zero-order valence-electron chi connectivity index (χ0n) is 11.5. The van der Waals surface area contributed by atoms with Gasteiger partial charge in [-0.15, -0.1) is 0 Å². The largest absolute Gasteiger partial charge is 0.369 e. The van der Waals surface area contributed by atoms with Crippen LogP contribution in [0.4, 0.5) is 5.69 Å². The van der Waals surface area contributed by atoms with Crippen molar-refractivity contribution in [2.45, 2.75) is 45.7 Å². The van der Waals surface area contributed by atoms with Crippen molar-refractivity contribution in [3.8, 4) is 0 Å². The molecule has 1 aromatic carbocycles. The molecule has 0 saturated carbocycles. The Morgan fingerprint density at radius 2 is 2.11 bits per heavy atom. The summed E-state index contributed by atoms with van der Waals surface area (Å²) >= 11 is 3.64. The first kappa shape index (κ1) is 13.9. The number of halogens is 1. The van der Waals surface area contributed by atoms with Gasteiger partial charge in [-0.2, -0.15) is 0 Å². The number of nitrogens with two attached hydrogens (primary N) is 1. The van der Waals surface area contributed by atoms with Crippen molar-refractivity contribution >= 4 is 21.6 Å². The van der Waals surface area contributed by atoms with Gasteiger partial charge in [0, 0.05) is 28.8 Å². The molecule has 1 aliphatic heterocycles. The molecule has 3 heteroatoms. The van der Waals surface area contributed by atoms with Crippen LogP contribution >= 0.6 is 15.9 Å². The molecule has 0 aliphatic carbocycles. The number of piperidine rings is 1. The molecule has 0 bridgehead atoms. The number of benzene rings is 1. The number of nitrogens with zero attached hydrogens (tertiary/aromatic N) is 1. The van der Waals surface area contributed by atoms with E-state index < -0.39 is 0 Å². The van der Waals surface area contributed by atoms with Crippen molar-refractivity contribution in [1.82, 2.24) is 0 Å². The van der Waals surface area contributed by atoms with Crippen molar-refractivity contribution in [2.75, 3.05) is 11.4 Å². The molecule has 2 nitrogen and oxygen atoms in total. The minimum absolute atomic E-state index is 0.0761. The van der Waals surface area contributed by atoms with Crippen LogP contribution in [-0.2, 0) is 0 Å². The maximum Gasteiger partial charge on any atom is 0.0380 e. The van der Waals surface area contributed by atoms with Crippen molar-refractivity contribution in [1.29, 1.82) is 0 Å². The van der Waals surface area contributed by atoms with E-state index in [9.17, 15) is 0 Å². The minimum Gasteiger partial charge on any atom is -0.369 e. The standard InChI is InChI=1S/C15H23BrN2/c1-10-6-7-18(11(2)8-10)13-4-5-14(12(3)17)15(16)9-13/h4-5,9-12H,6-8,17H2,1-3H3. The van der Waals surface area contributed by atoms with Crippen molar-refractivity contribution in [3.63, 3.8) is 0 Å². The van der Waals surface area contributed by atoms with Gasteiger partial charge in [-0.05, 0) is 50.3 Å². The first-order valence-electron chi connectivity index (χ1n) is 6.80. The van der Waals surface area contributed by atoms with E-state index in [1.807, 2.05) is 6.92 Å². The topological polar surface area (TPSA) is 29.3 Å². The normalized spacial score (nSPS) is 26.2. The van der Waals surface area contributed by atoms with Crippen LogP contribution in [0.3, 0.4) is 0 Å². The SMILES string of the molecule is CC1CCN(c2ccc(C(C)N)c(Br)c2)C(C)C1. The molecule has 1 aliphatic rings. The third-order valence-electron chi connectivity index (χ3n) is 3.94. The summed E-state index contributed by atoms with van der Waals surface area (Å²) < 4.78 is 1.13. The minimum atomic E-state index is 0.0761. The van der Waals surface area contributed by atoms with Crippen LogP contribution in [0.1, 0.15) is 45.2 Å². The Hall–Kier alpha value is -0.540. The van der Waals surface area contributed by atoms with E-state index in [0.717, 1.165) is 16.9 Å². The molecule has 100 valence electrons. The summed E-state index contributed by atoms with van der Waals surface area (Å²) in [5.41, 5.74) is 8.43. The Labute approximate surface area is 119 Å². The molecule has 0 amide bonds. The molecule has 3 atom stereocenters. The fourth-order valence-corrected chi connectivity index (χ4v) is 3.58. The first-order valence-corrected chi connectivity index (χ1v) is 7.60. The van der Waals surface area contributed by atoms with E-state index in [2.05, 4.69) is 52.9 Å². The molecule has 2 N–H and O–H groups in total. The highest BCUT2D eigenvalue weighted by molar-refractivity contribution is 9.10. The highest BCUT2D eigenvalue weighted by Gasteiger charge is 2.23. The molecule has 0 radical (unpaired) electrons. The number of hydrogen-bond acceptors (Lipinski definition) is 2. The average molecular weight is 311 g/mol. The summed E-state index contributed by atoms with van der Waals surface area (Å²) in [6, 6.07) is 7.27. The van der Waals surface area contributed by atoms with E-state index >= 15 is 0 Å². The van der Waals surface area contributed by atoms with Crippen LogP contribution in [0, 0.1) is 5.92 Å². The molecule has 1 fully saturated rings. The van der Waals surface area contributed by atoms with E-state index in [-0.39, 0.29) is 6.04 Å². The van der Waals surface area contributed by atoms with Gasteiger partial charge >= 0.3 is 0 Å². The van der Waals surface area contributed by atoms with Crippen LogP contribution in [0.15, 0.2) is 22.7 Å². The van der Waals surface area contributed by atoms with Gasteiger partial charge in [-0.3, -0.25) is 0 Å². The van der Waals surface area contributed by atoms with Gasteiger partial charge in [0.15, 0.2) is 0 Å². The Kier molecular flexibility index (Phi) is 4.33. The zero-order chi connectivity index (χ0) is 13.3. The van der Waals surface area contributed by atoms with Crippen LogP contribution in [-0.4, -0.2) is 12.6 Å². The molecule has 18 heavy (non-hydrogen) atoms. The fraction of sp³-hybridized carbons (Fsp3) is 0.600. The summed E-state index contributed by atoms with van der Waals surface area (Å²) in [4.78, 5) is 2.51. The summed E-state index contributed by atoms with van der Waals surface area (Å²) in [7, 11) is 0. The second-order valence-electron chi connectivity index (χ2n) is 5.67. The molecule has 0 aromatic heterocycles. The fourth-order valence-electron chi connectivity index (χ4n) is 2.85. The number of hydrogen-bond donors (Lipinski definition) is 1. The molecular formula is C15H23BrN2. The van der Waals surface area contributed by atoms with Gasteiger partial charge in [-0.25, -0.2) is 0 Å². The smallest absolute Gasteiger partial charge is 0.0380 e. The lowest BCUT2D eigenvalue weighted by Gasteiger charge is -2.38.